The summed E-state index contributed by atoms with van der Waals surface area (Å²) < 4.78 is 11.9. The van der Waals surface area contributed by atoms with Gasteiger partial charge in [0.15, 0.2) is 0 Å². The minimum atomic E-state index is 0.0697. The van der Waals surface area contributed by atoms with Crippen molar-refractivity contribution in [3.8, 4) is 0 Å². The molecule has 0 amide bonds. The van der Waals surface area contributed by atoms with E-state index in [0.717, 1.165) is 0 Å². The summed E-state index contributed by atoms with van der Waals surface area (Å²) in [4.78, 5) is 0. The highest BCUT2D eigenvalue weighted by Gasteiger charge is 2.19. The van der Waals surface area contributed by atoms with Gasteiger partial charge in [0.25, 0.3) is 0 Å². The standard InChI is InChI=1S/C8H16FN/c1-7(10-9)8-5-3-2-4-6-8/h7-8,10H,2-6H2,1H3/t7-/m1/s1. The van der Waals surface area contributed by atoms with Crippen LogP contribution in [0.25, 0.3) is 0 Å². The molecule has 1 saturated carbocycles. The monoisotopic (exact) mass is 145 g/mol. The molecule has 1 N–H and O–H groups in total. The van der Waals surface area contributed by atoms with Crippen molar-refractivity contribution in [1.82, 2.24) is 5.54 Å². The van der Waals surface area contributed by atoms with Gasteiger partial charge >= 0.3 is 0 Å². The third kappa shape index (κ3) is 1.94. The van der Waals surface area contributed by atoms with E-state index in [0.29, 0.717) is 5.92 Å². The van der Waals surface area contributed by atoms with Crippen molar-refractivity contribution in [1.29, 1.82) is 0 Å². The molecule has 0 aromatic rings. The van der Waals surface area contributed by atoms with Gasteiger partial charge in [0.05, 0.1) is 0 Å². The third-order valence-electron chi connectivity index (χ3n) is 2.53. The molecule has 0 heterocycles. The first-order chi connectivity index (χ1) is 4.84. The normalized spacial score (nSPS) is 24.6. The second kappa shape index (κ2) is 3.91. The molecule has 0 radical (unpaired) electrons. The van der Waals surface area contributed by atoms with E-state index in [1.54, 1.807) is 0 Å². The molecule has 0 aromatic carbocycles. The zero-order chi connectivity index (χ0) is 7.40. The molecule has 0 unspecified atom stereocenters. The quantitative estimate of drug-likeness (QED) is 0.588. The predicted octanol–water partition coefficient (Wildman–Crippen LogP) is 2.43. The van der Waals surface area contributed by atoms with Gasteiger partial charge in [-0.2, -0.15) is 5.54 Å². The number of nitrogens with one attached hydrogen (secondary N) is 1. The zero-order valence-electron chi connectivity index (χ0n) is 6.57. The van der Waals surface area contributed by atoms with E-state index in [4.69, 9.17) is 0 Å². The fourth-order valence-electron chi connectivity index (χ4n) is 1.72. The molecule has 0 aliphatic heterocycles. The maximum Gasteiger partial charge on any atom is 0.0371 e. The van der Waals surface area contributed by atoms with Gasteiger partial charge in [0, 0.05) is 6.04 Å². The summed E-state index contributed by atoms with van der Waals surface area (Å²) in [6.45, 7) is 1.93. The fraction of sp³-hybridized carbons (Fsp3) is 1.00. The van der Waals surface area contributed by atoms with Crippen LogP contribution in [0.1, 0.15) is 39.0 Å². The van der Waals surface area contributed by atoms with Crippen LogP contribution in [-0.2, 0) is 0 Å². The summed E-state index contributed by atoms with van der Waals surface area (Å²) in [5.41, 5.74) is 1.83. The minimum absolute atomic E-state index is 0.0697. The lowest BCUT2D eigenvalue weighted by Gasteiger charge is -2.25. The second-order valence-electron chi connectivity index (χ2n) is 3.30. The number of hydrogen-bond donors (Lipinski definition) is 1. The molecule has 1 aliphatic carbocycles. The Bertz CT molecular complexity index is 89.3. The van der Waals surface area contributed by atoms with Gasteiger partial charge in [-0.1, -0.05) is 19.3 Å². The first-order valence-corrected chi connectivity index (χ1v) is 4.20. The van der Waals surface area contributed by atoms with E-state index in [9.17, 15) is 4.48 Å². The molecule has 0 aromatic heterocycles. The van der Waals surface area contributed by atoms with Gasteiger partial charge < -0.3 is 0 Å². The molecule has 0 saturated heterocycles. The number of hydrogen-bond acceptors (Lipinski definition) is 1. The Balaban J connectivity index is 2.24. The highest BCUT2D eigenvalue weighted by atomic mass is 19.2. The Morgan fingerprint density at radius 1 is 1.30 bits per heavy atom. The summed E-state index contributed by atoms with van der Waals surface area (Å²) in [5, 5.41) is 0. The highest BCUT2D eigenvalue weighted by Crippen LogP contribution is 2.26. The highest BCUT2D eigenvalue weighted by molar-refractivity contribution is 4.72. The van der Waals surface area contributed by atoms with Crippen molar-refractivity contribution in [2.45, 2.75) is 45.1 Å². The van der Waals surface area contributed by atoms with Crippen molar-refractivity contribution in [3.05, 3.63) is 0 Å². The molecular formula is C8H16FN. The van der Waals surface area contributed by atoms with E-state index >= 15 is 0 Å². The maximum absolute atomic E-state index is 11.9. The van der Waals surface area contributed by atoms with Gasteiger partial charge in [0.2, 0.25) is 0 Å². The van der Waals surface area contributed by atoms with Crippen LogP contribution in [0.2, 0.25) is 0 Å². The summed E-state index contributed by atoms with van der Waals surface area (Å²) in [7, 11) is 0. The molecule has 10 heavy (non-hydrogen) atoms. The van der Waals surface area contributed by atoms with Crippen LogP contribution in [0.5, 0.6) is 0 Å². The molecule has 1 rings (SSSR count). The first-order valence-electron chi connectivity index (χ1n) is 4.20. The van der Waals surface area contributed by atoms with Gasteiger partial charge in [-0.15, -0.1) is 4.48 Å². The lowest BCUT2D eigenvalue weighted by atomic mass is 9.85. The Morgan fingerprint density at radius 2 is 1.90 bits per heavy atom. The van der Waals surface area contributed by atoms with Gasteiger partial charge in [0.1, 0.15) is 0 Å². The Kier molecular flexibility index (Phi) is 3.13. The van der Waals surface area contributed by atoms with Crippen LogP contribution in [0.3, 0.4) is 0 Å². The third-order valence-corrected chi connectivity index (χ3v) is 2.53. The molecule has 60 valence electrons. The SMILES string of the molecule is C[C@@H](NF)C1CCCCC1. The summed E-state index contributed by atoms with van der Waals surface area (Å²) in [6, 6.07) is 0.0697. The second-order valence-corrected chi connectivity index (χ2v) is 3.30. The lowest BCUT2D eigenvalue weighted by Crippen LogP contribution is -2.29. The van der Waals surface area contributed by atoms with E-state index < -0.39 is 0 Å². The van der Waals surface area contributed by atoms with Crippen LogP contribution in [0.4, 0.5) is 4.48 Å². The number of rotatable bonds is 2. The van der Waals surface area contributed by atoms with Gasteiger partial charge in [-0.05, 0) is 25.7 Å². The maximum atomic E-state index is 11.9. The van der Waals surface area contributed by atoms with Gasteiger partial charge in [-0.25, -0.2) is 0 Å². The van der Waals surface area contributed by atoms with E-state index in [1.807, 2.05) is 12.5 Å². The summed E-state index contributed by atoms with van der Waals surface area (Å²) in [5.74, 6) is 0.582. The van der Waals surface area contributed by atoms with E-state index in [2.05, 4.69) is 0 Å². The molecular weight excluding hydrogens is 129 g/mol. The molecule has 1 aliphatic rings. The molecule has 1 fully saturated rings. The minimum Gasteiger partial charge on any atom is -0.156 e. The lowest BCUT2D eigenvalue weighted by molar-refractivity contribution is 0.191. The van der Waals surface area contributed by atoms with Crippen LogP contribution in [-0.4, -0.2) is 6.04 Å². The Hall–Kier alpha value is -0.110. The average molecular weight is 145 g/mol. The molecule has 0 spiro atoms. The molecule has 1 atom stereocenters. The van der Waals surface area contributed by atoms with Crippen molar-refractivity contribution < 1.29 is 4.48 Å². The topological polar surface area (TPSA) is 12.0 Å². The Labute approximate surface area is 61.9 Å². The molecule has 2 heteroatoms. The van der Waals surface area contributed by atoms with Gasteiger partial charge in [-0.3, -0.25) is 0 Å². The van der Waals surface area contributed by atoms with Crippen molar-refractivity contribution in [2.24, 2.45) is 5.92 Å². The largest absolute Gasteiger partial charge is 0.156 e. The van der Waals surface area contributed by atoms with Crippen molar-refractivity contribution >= 4 is 0 Å². The molecule has 0 bridgehead atoms. The first kappa shape index (κ1) is 7.99. The fourth-order valence-corrected chi connectivity index (χ4v) is 1.72. The summed E-state index contributed by atoms with van der Waals surface area (Å²) in [6.07, 6.45) is 6.33. The molecule has 1 nitrogen and oxygen atoms in total. The van der Waals surface area contributed by atoms with Crippen LogP contribution in [0, 0.1) is 5.92 Å². The van der Waals surface area contributed by atoms with Crippen molar-refractivity contribution in [3.63, 3.8) is 0 Å². The van der Waals surface area contributed by atoms with Crippen LogP contribution in [0.15, 0.2) is 0 Å². The Morgan fingerprint density at radius 3 is 2.40 bits per heavy atom. The van der Waals surface area contributed by atoms with E-state index in [-0.39, 0.29) is 6.04 Å². The average Bonchev–Trinajstić information content (AvgIpc) is 2.05. The van der Waals surface area contributed by atoms with Crippen LogP contribution < -0.4 is 5.54 Å². The summed E-state index contributed by atoms with van der Waals surface area (Å²) >= 11 is 0. The predicted molar refractivity (Wildman–Crippen MR) is 40.3 cm³/mol. The zero-order valence-corrected chi connectivity index (χ0v) is 6.57. The number of halogens is 1. The van der Waals surface area contributed by atoms with Crippen LogP contribution >= 0.6 is 0 Å². The van der Waals surface area contributed by atoms with E-state index in [1.165, 1.54) is 32.1 Å². The van der Waals surface area contributed by atoms with Crippen molar-refractivity contribution in [2.75, 3.05) is 0 Å². The smallest absolute Gasteiger partial charge is 0.0371 e.